The highest BCUT2D eigenvalue weighted by Crippen LogP contribution is 2.11. The summed E-state index contributed by atoms with van der Waals surface area (Å²) < 4.78 is 0. The summed E-state index contributed by atoms with van der Waals surface area (Å²) >= 11 is 0. The molecule has 0 bridgehead atoms. The summed E-state index contributed by atoms with van der Waals surface area (Å²) in [5.41, 5.74) is 2.62. The molecular formula is C20H26N2O. The Morgan fingerprint density at radius 2 is 1.30 bits per heavy atom. The highest BCUT2D eigenvalue weighted by atomic mass is 16.2. The molecule has 0 atom stereocenters. The third kappa shape index (κ3) is 6.25. The molecule has 0 aromatic heterocycles. The van der Waals surface area contributed by atoms with E-state index in [1.54, 1.807) is 4.90 Å². The van der Waals surface area contributed by atoms with Gasteiger partial charge in [0.2, 0.25) is 5.91 Å². The van der Waals surface area contributed by atoms with Gasteiger partial charge in [0.25, 0.3) is 0 Å². The van der Waals surface area contributed by atoms with E-state index < -0.39 is 0 Å². The van der Waals surface area contributed by atoms with Crippen LogP contribution in [0.25, 0.3) is 0 Å². The minimum absolute atomic E-state index is 0.198. The first kappa shape index (κ1) is 17.2. The van der Waals surface area contributed by atoms with Gasteiger partial charge >= 0.3 is 0 Å². The van der Waals surface area contributed by atoms with Crippen LogP contribution >= 0.6 is 0 Å². The van der Waals surface area contributed by atoms with Crippen LogP contribution < -0.4 is 0 Å². The highest BCUT2D eigenvalue weighted by Gasteiger charge is 2.09. The number of amides is 1. The number of hydrogen-bond acceptors (Lipinski definition) is 2. The Hall–Kier alpha value is -2.13. The van der Waals surface area contributed by atoms with Crippen molar-refractivity contribution in [1.82, 2.24) is 9.80 Å². The van der Waals surface area contributed by atoms with Crippen LogP contribution in [0, 0.1) is 0 Å². The molecule has 23 heavy (non-hydrogen) atoms. The van der Waals surface area contributed by atoms with Gasteiger partial charge in [0, 0.05) is 33.6 Å². The van der Waals surface area contributed by atoms with Crippen LogP contribution in [0.5, 0.6) is 0 Å². The van der Waals surface area contributed by atoms with Crippen molar-refractivity contribution >= 4 is 5.91 Å². The Kier molecular flexibility index (Phi) is 6.82. The number of benzene rings is 2. The molecular weight excluding hydrogens is 284 g/mol. The molecule has 0 aliphatic carbocycles. The van der Waals surface area contributed by atoms with E-state index in [2.05, 4.69) is 53.4 Å². The van der Waals surface area contributed by atoms with Crippen molar-refractivity contribution in [3.05, 3.63) is 71.8 Å². The number of carbonyl (C=O) groups is 1. The molecule has 1 amide bonds. The summed E-state index contributed by atoms with van der Waals surface area (Å²) in [5.74, 6) is 0.198. The van der Waals surface area contributed by atoms with Crippen LogP contribution in [0.15, 0.2) is 60.7 Å². The van der Waals surface area contributed by atoms with E-state index >= 15 is 0 Å². The molecule has 0 radical (unpaired) electrons. The lowest BCUT2D eigenvalue weighted by molar-refractivity contribution is -0.128. The largest absolute Gasteiger partial charge is 0.349 e. The van der Waals surface area contributed by atoms with Gasteiger partial charge in [0.1, 0.15) is 0 Å². The lowest BCUT2D eigenvalue weighted by Gasteiger charge is -2.23. The molecule has 0 spiro atoms. The van der Waals surface area contributed by atoms with Crippen molar-refractivity contribution in [1.29, 1.82) is 0 Å². The molecule has 0 heterocycles. The minimum Gasteiger partial charge on any atom is -0.349 e. The molecule has 0 saturated heterocycles. The molecule has 0 fully saturated rings. The first-order valence-corrected chi connectivity index (χ1v) is 8.15. The maximum Gasteiger partial charge on any atom is 0.222 e. The van der Waals surface area contributed by atoms with E-state index in [-0.39, 0.29) is 5.91 Å². The average molecular weight is 310 g/mol. The van der Waals surface area contributed by atoms with Crippen LogP contribution in [0.1, 0.15) is 24.0 Å². The second kappa shape index (κ2) is 9.11. The standard InChI is InChI=1S/C20H26N2O/c1-21(2)20(23)14-9-15-22(16-18-10-5-3-6-11-18)17-19-12-7-4-8-13-19/h3-8,10-13H,9,14-17H2,1-2H3. The van der Waals surface area contributed by atoms with Crippen molar-refractivity contribution in [3.63, 3.8) is 0 Å². The molecule has 122 valence electrons. The van der Waals surface area contributed by atoms with E-state index in [1.165, 1.54) is 11.1 Å². The first-order chi connectivity index (χ1) is 11.1. The Balaban J connectivity index is 1.95. The van der Waals surface area contributed by atoms with Gasteiger partial charge in [-0.15, -0.1) is 0 Å². The maximum atomic E-state index is 11.7. The fourth-order valence-corrected chi connectivity index (χ4v) is 2.57. The zero-order chi connectivity index (χ0) is 16.5. The van der Waals surface area contributed by atoms with E-state index in [4.69, 9.17) is 0 Å². The lowest BCUT2D eigenvalue weighted by Crippen LogP contribution is -2.26. The van der Waals surface area contributed by atoms with Crippen molar-refractivity contribution in [2.75, 3.05) is 20.6 Å². The van der Waals surface area contributed by atoms with Crippen molar-refractivity contribution in [3.8, 4) is 0 Å². The molecule has 0 aliphatic rings. The van der Waals surface area contributed by atoms with E-state index in [0.717, 1.165) is 26.1 Å². The fourth-order valence-electron chi connectivity index (χ4n) is 2.57. The quantitative estimate of drug-likeness (QED) is 0.744. The van der Waals surface area contributed by atoms with Gasteiger partial charge in [-0.1, -0.05) is 60.7 Å². The molecule has 0 saturated carbocycles. The molecule has 2 aromatic rings. The van der Waals surface area contributed by atoms with Crippen LogP contribution in [-0.2, 0) is 17.9 Å². The van der Waals surface area contributed by atoms with Gasteiger partial charge in [-0.05, 0) is 24.1 Å². The molecule has 2 aromatic carbocycles. The first-order valence-electron chi connectivity index (χ1n) is 8.15. The van der Waals surface area contributed by atoms with Gasteiger partial charge in [-0.2, -0.15) is 0 Å². The fraction of sp³-hybridized carbons (Fsp3) is 0.350. The Morgan fingerprint density at radius 3 is 1.74 bits per heavy atom. The van der Waals surface area contributed by atoms with Crippen LogP contribution in [0.3, 0.4) is 0 Å². The van der Waals surface area contributed by atoms with Gasteiger partial charge in [-0.3, -0.25) is 9.69 Å². The zero-order valence-corrected chi connectivity index (χ0v) is 14.1. The SMILES string of the molecule is CN(C)C(=O)CCCN(Cc1ccccc1)Cc1ccccc1. The smallest absolute Gasteiger partial charge is 0.222 e. The van der Waals surface area contributed by atoms with Gasteiger partial charge in [0.05, 0.1) is 0 Å². The van der Waals surface area contributed by atoms with E-state index in [9.17, 15) is 4.79 Å². The molecule has 0 aliphatic heterocycles. The molecule has 2 rings (SSSR count). The van der Waals surface area contributed by atoms with Crippen LogP contribution in [0.2, 0.25) is 0 Å². The van der Waals surface area contributed by atoms with Gasteiger partial charge in [-0.25, -0.2) is 0 Å². The number of carbonyl (C=O) groups excluding carboxylic acids is 1. The Labute approximate surface area is 139 Å². The van der Waals surface area contributed by atoms with Crippen molar-refractivity contribution < 1.29 is 4.79 Å². The minimum atomic E-state index is 0.198. The van der Waals surface area contributed by atoms with E-state index in [1.807, 2.05) is 26.2 Å². The van der Waals surface area contributed by atoms with Crippen molar-refractivity contribution in [2.24, 2.45) is 0 Å². The normalized spacial score (nSPS) is 10.7. The molecule has 3 heteroatoms. The average Bonchev–Trinajstić information content (AvgIpc) is 2.56. The zero-order valence-electron chi connectivity index (χ0n) is 14.1. The second-order valence-electron chi connectivity index (χ2n) is 6.07. The summed E-state index contributed by atoms with van der Waals surface area (Å²) in [6.45, 7) is 2.74. The maximum absolute atomic E-state index is 11.7. The van der Waals surface area contributed by atoms with Gasteiger partial charge in [0.15, 0.2) is 0 Å². The van der Waals surface area contributed by atoms with E-state index in [0.29, 0.717) is 6.42 Å². The summed E-state index contributed by atoms with van der Waals surface area (Å²) in [6, 6.07) is 21.0. The second-order valence-corrected chi connectivity index (χ2v) is 6.07. The highest BCUT2D eigenvalue weighted by molar-refractivity contribution is 5.75. The van der Waals surface area contributed by atoms with Crippen LogP contribution in [0.4, 0.5) is 0 Å². The molecule has 3 nitrogen and oxygen atoms in total. The molecule has 0 unspecified atom stereocenters. The summed E-state index contributed by atoms with van der Waals surface area (Å²) in [5, 5.41) is 0. The summed E-state index contributed by atoms with van der Waals surface area (Å²) in [4.78, 5) is 15.8. The van der Waals surface area contributed by atoms with Crippen LogP contribution in [-0.4, -0.2) is 36.3 Å². The lowest BCUT2D eigenvalue weighted by atomic mass is 10.1. The third-order valence-electron chi connectivity index (χ3n) is 3.86. The monoisotopic (exact) mass is 310 g/mol. The summed E-state index contributed by atoms with van der Waals surface area (Å²) in [7, 11) is 3.63. The van der Waals surface area contributed by atoms with Crippen molar-refractivity contribution in [2.45, 2.75) is 25.9 Å². The predicted octanol–water partition coefficient (Wildman–Crippen LogP) is 3.56. The topological polar surface area (TPSA) is 23.6 Å². The molecule has 0 N–H and O–H groups in total. The Bertz CT molecular complexity index is 540. The number of hydrogen-bond donors (Lipinski definition) is 0. The predicted molar refractivity (Wildman–Crippen MR) is 94.9 cm³/mol. The third-order valence-corrected chi connectivity index (χ3v) is 3.86. The Morgan fingerprint density at radius 1 is 0.826 bits per heavy atom. The number of nitrogens with zero attached hydrogens (tertiary/aromatic N) is 2. The van der Waals surface area contributed by atoms with Gasteiger partial charge < -0.3 is 4.90 Å². The number of rotatable bonds is 8. The summed E-state index contributed by atoms with van der Waals surface area (Å²) in [6.07, 6.45) is 1.49.